The van der Waals surface area contributed by atoms with Crippen molar-refractivity contribution in [3.63, 3.8) is 0 Å². The molecule has 0 atom stereocenters. The number of thiophene rings is 1. The molecule has 0 bridgehead atoms. The molecule has 0 unspecified atom stereocenters. The number of thiazole rings is 1. The number of aromatic nitrogens is 3. The van der Waals surface area contributed by atoms with Crippen LogP contribution in [-0.4, -0.2) is 14.8 Å². The third-order valence-corrected chi connectivity index (χ3v) is 7.22. The highest BCUT2D eigenvalue weighted by atomic mass is 32.2. The number of benzene rings is 1. The fourth-order valence-corrected chi connectivity index (χ4v) is 5.97. The molecule has 0 fully saturated rings. The van der Waals surface area contributed by atoms with Crippen molar-refractivity contribution in [3.05, 3.63) is 62.2 Å². The summed E-state index contributed by atoms with van der Waals surface area (Å²) >= 11 is 12.0. The summed E-state index contributed by atoms with van der Waals surface area (Å²) in [6.07, 6.45) is 0. The van der Waals surface area contributed by atoms with Crippen molar-refractivity contribution in [2.45, 2.75) is 10.1 Å². The van der Waals surface area contributed by atoms with Gasteiger partial charge in [0.1, 0.15) is 5.01 Å². The molecule has 0 saturated carbocycles. The summed E-state index contributed by atoms with van der Waals surface area (Å²) in [5.74, 6) is 0.803. The van der Waals surface area contributed by atoms with Gasteiger partial charge in [0.05, 0.1) is 11.4 Å². The molecule has 3 heterocycles. The van der Waals surface area contributed by atoms with E-state index < -0.39 is 0 Å². The molecule has 8 heteroatoms. The Hall–Kier alpha value is -1.32. The van der Waals surface area contributed by atoms with Gasteiger partial charge in [-0.15, -0.1) is 16.4 Å². The maximum Gasteiger partial charge on any atom is 0.184 e. The monoisotopic (exact) mass is 405 g/mol. The van der Waals surface area contributed by atoms with Gasteiger partial charge in [0.2, 0.25) is 0 Å². The van der Waals surface area contributed by atoms with Gasteiger partial charge in [-0.05, 0) is 35.8 Å². The van der Waals surface area contributed by atoms with Gasteiger partial charge in [0.25, 0.3) is 0 Å². The minimum Gasteiger partial charge on any atom is -0.240 e. The van der Waals surface area contributed by atoms with Crippen LogP contribution in [0.2, 0.25) is 0 Å². The average molecular weight is 406 g/mol. The highest BCUT2D eigenvalue weighted by Gasteiger charge is 2.09. The van der Waals surface area contributed by atoms with E-state index in [2.05, 4.69) is 27.3 Å². The van der Waals surface area contributed by atoms with Crippen LogP contribution in [0, 0.1) is 3.95 Å². The molecule has 24 heavy (non-hydrogen) atoms. The van der Waals surface area contributed by atoms with Crippen LogP contribution in [0.3, 0.4) is 0 Å². The molecule has 0 aliphatic heterocycles. The lowest BCUT2D eigenvalue weighted by molar-refractivity contribution is 0.829. The Labute approximate surface area is 160 Å². The fraction of sp³-hybridized carbons (Fsp3) is 0.0625. The van der Waals surface area contributed by atoms with Crippen LogP contribution in [0.15, 0.2) is 56.9 Å². The smallest absolute Gasteiger partial charge is 0.184 e. The molecule has 0 amide bonds. The van der Waals surface area contributed by atoms with Crippen LogP contribution < -0.4 is 0 Å². The summed E-state index contributed by atoms with van der Waals surface area (Å²) in [6.45, 7) is 0. The van der Waals surface area contributed by atoms with Gasteiger partial charge >= 0.3 is 0 Å². The van der Waals surface area contributed by atoms with Crippen LogP contribution in [-0.2, 0) is 5.75 Å². The summed E-state index contributed by atoms with van der Waals surface area (Å²) in [4.78, 5) is 4.70. The topological polar surface area (TPSA) is 30.7 Å². The van der Waals surface area contributed by atoms with E-state index in [-0.39, 0.29) is 0 Å². The van der Waals surface area contributed by atoms with Gasteiger partial charge in [-0.25, -0.2) is 9.67 Å². The first kappa shape index (κ1) is 16.2. The van der Waals surface area contributed by atoms with Crippen LogP contribution in [0.1, 0.15) is 5.69 Å². The molecule has 0 saturated heterocycles. The SMILES string of the molecule is S=c1sc(SCc2csc(-c3ccsc3)n2)nn1-c1ccccc1. The quantitative estimate of drug-likeness (QED) is 0.295. The fourth-order valence-electron chi connectivity index (χ4n) is 2.08. The summed E-state index contributed by atoms with van der Waals surface area (Å²) in [5.41, 5.74) is 3.28. The van der Waals surface area contributed by atoms with E-state index in [0.717, 1.165) is 30.4 Å². The zero-order chi connectivity index (χ0) is 16.4. The van der Waals surface area contributed by atoms with Crippen molar-refractivity contribution >= 4 is 58.0 Å². The van der Waals surface area contributed by atoms with Crippen molar-refractivity contribution in [3.8, 4) is 16.3 Å². The Morgan fingerprint density at radius 3 is 2.79 bits per heavy atom. The van der Waals surface area contributed by atoms with Gasteiger partial charge in [0.15, 0.2) is 8.29 Å². The molecule has 3 aromatic heterocycles. The molecule has 3 nitrogen and oxygen atoms in total. The van der Waals surface area contributed by atoms with Crippen molar-refractivity contribution < 1.29 is 0 Å². The Morgan fingerprint density at radius 1 is 1.12 bits per heavy atom. The molecule has 4 aromatic rings. The number of hydrogen-bond acceptors (Lipinski definition) is 7. The molecule has 0 aliphatic carbocycles. The minimum atomic E-state index is 0.765. The first-order valence-corrected chi connectivity index (χ1v) is 11.1. The second-order valence-electron chi connectivity index (χ2n) is 4.83. The minimum absolute atomic E-state index is 0.765. The third-order valence-electron chi connectivity index (χ3n) is 3.19. The molecule has 1 aromatic carbocycles. The van der Waals surface area contributed by atoms with E-state index in [9.17, 15) is 0 Å². The molecular weight excluding hydrogens is 395 g/mol. The number of hydrogen-bond donors (Lipinski definition) is 0. The normalized spacial score (nSPS) is 11.0. The van der Waals surface area contributed by atoms with Crippen LogP contribution in [0.4, 0.5) is 0 Å². The van der Waals surface area contributed by atoms with E-state index in [4.69, 9.17) is 17.2 Å². The number of para-hydroxylation sites is 1. The van der Waals surface area contributed by atoms with Crippen molar-refractivity contribution in [2.24, 2.45) is 0 Å². The lowest BCUT2D eigenvalue weighted by Gasteiger charge is -1.98. The highest BCUT2D eigenvalue weighted by molar-refractivity contribution is 8.00. The van der Waals surface area contributed by atoms with E-state index in [1.54, 1.807) is 34.4 Å². The standard InChI is InChI=1S/C16H11N3S5/c20-16-19(13-4-2-1-3-5-13)18-15(24-16)23-10-12-9-22-14(17-12)11-6-7-21-8-11/h1-9H,10H2. The van der Waals surface area contributed by atoms with Crippen molar-refractivity contribution in [1.29, 1.82) is 0 Å². The van der Waals surface area contributed by atoms with Crippen molar-refractivity contribution in [1.82, 2.24) is 14.8 Å². The Kier molecular flexibility index (Phi) is 4.91. The Morgan fingerprint density at radius 2 is 2.00 bits per heavy atom. The number of rotatable bonds is 5. The molecule has 0 spiro atoms. The van der Waals surface area contributed by atoms with Crippen LogP contribution in [0.5, 0.6) is 0 Å². The maximum atomic E-state index is 5.44. The van der Waals surface area contributed by atoms with Gasteiger partial charge < -0.3 is 0 Å². The summed E-state index contributed by atoms with van der Waals surface area (Å²) < 4.78 is 3.55. The summed E-state index contributed by atoms with van der Waals surface area (Å²) in [5, 5.41) is 12.0. The molecular formula is C16H11N3S5. The van der Waals surface area contributed by atoms with E-state index in [0.29, 0.717) is 0 Å². The zero-order valence-electron chi connectivity index (χ0n) is 12.3. The Balaban J connectivity index is 1.48. The molecule has 120 valence electrons. The summed E-state index contributed by atoms with van der Waals surface area (Å²) in [7, 11) is 0. The maximum absolute atomic E-state index is 5.44. The average Bonchev–Trinajstić information content (AvgIpc) is 3.34. The van der Waals surface area contributed by atoms with Gasteiger partial charge in [-0.3, -0.25) is 0 Å². The van der Waals surface area contributed by atoms with Gasteiger partial charge in [-0.1, -0.05) is 41.3 Å². The highest BCUT2D eigenvalue weighted by Crippen LogP contribution is 2.30. The Bertz CT molecular complexity index is 982. The van der Waals surface area contributed by atoms with Gasteiger partial charge in [-0.2, -0.15) is 11.3 Å². The molecule has 0 aliphatic rings. The van der Waals surface area contributed by atoms with Crippen molar-refractivity contribution in [2.75, 3.05) is 0 Å². The van der Waals surface area contributed by atoms with Gasteiger partial charge in [0, 0.05) is 22.1 Å². The number of thioether (sulfide) groups is 1. The first-order valence-electron chi connectivity index (χ1n) is 7.05. The summed E-state index contributed by atoms with van der Waals surface area (Å²) in [6, 6.07) is 12.1. The molecule has 4 rings (SSSR count). The predicted molar refractivity (Wildman–Crippen MR) is 107 cm³/mol. The van der Waals surface area contributed by atoms with E-state index in [1.165, 1.54) is 16.9 Å². The number of nitrogens with zero attached hydrogens (tertiary/aromatic N) is 3. The molecule has 0 N–H and O–H groups in total. The van der Waals surface area contributed by atoms with Crippen LogP contribution >= 0.6 is 58.0 Å². The van der Waals surface area contributed by atoms with Crippen LogP contribution in [0.25, 0.3) is 16.3 Å². The zero-order valence-corrected chi connectivity index (χ0v) is 16.4. The largest absolute Gasteiger partial charge is 0.240 e. The lowest BCUT2D eigenvalue weighted by atomic mass is 10.3. The van der Waals surface area contributed by atoms with E-state index >= 15 is 0 Å². The lowest BCUT2D eigenvalue weighted by Crippen LogP contribution is -1.95. The predicted octanol–water partition coefficient (Wildman–Crippen LogP) is 6.14. The second-order valence-corrected chi connectivity index (χ2v) is 9.31. The van der Waals surface area contributed by atoms with E-state index in [1.807, 2.05) is 35.0 Å². The third kappa shape index (κ3) is 3.52. The molecule has 0 radical (unpaired) electrons. The first-order chi connectivity index (χ1) is 11.8. The second kappa shape index (κ2) is 7.28.